The van der Waals surface area contributed by atoms with Crippen LogP contribution in [0.5, 0.6) is 0 Å². The second kappa shape index (κ2) is 7.94. The largest absolute Gasteiger partial charge is 0.381 e. The van der Waals surface area contributed by atoms with E-state index in [1.165, 1.54) is 7.05 Å². The highest BCUT2D eigenvalue weighted by Crippen LogP contribution is 2.38. The molecule has 0 radical (unpaired) electrons. The van der Waals surface area contributed by atoms with Crippen LogP contribution >= 0.6 is 0 Å². The molecule has 26 heavy (non-hydrogen) atoms. The molecule has 1 atom stereocenters. The molecule has 2 aliphatic heterocycles. The van der Waals surface area contributed by atoms with Gasteiger partial charge in [0.1, 0.15) is 0 Å². The molecule has 7 nitrogen and oxygen atoms in total. The number of benzene rings is 1. The fourth-order valence-electron chi connectivity index (χ4n) is 3.72. The zero-order chi connectivity index (χ0) is 18.6. The number of rotatable bonds is 5. The van der Waals surface area contributed by atoms with Crippen LogP contribution in [0.15, 0.2) is 29.3 Å². The van der Waals surface area contributed by atoms with Gasteiger partial charge in [-0.3, -0.25) is 4.99 Å². The van der Waals surface area contributed by atoms with Gasteiger partial charge in [0.15, 0.2) is 5.96 Å². The first-order valence-electron chi connectivity index (χ1n) is 8.98. The third-order valence-corrected chi connectivity index (χ3v) is 6.58. The van der Waals surface area contributed by atoms with Crippen LogP contribution in [0.1, 0.15) is 24.0 Å². The lowest BCUT2D eigenvalue weighted by molar-refractivity contribution is 0.156. The molecule has 2 fully saturated rings. The van der Waals surface area contributed by atoms with E-state index >= 15 is 0 Å². The molecule has 1 unspecified atom stereocenters. The monoisotopic (exact) mass is 380 g/mol. The molecule has 0 aliphatic carbocycles. The number of nitrogens with one attached hydrogen (secondary N) is 2. The number of sulfonamides is 1. The Kier molecular flexibility index (Phi) is 5.84. The first-order valence-corrected chi connectivity index (χ1v) is 10.6. The van der Waals surface area contributed by atoms with Crippen molar-refractivity contribution >= 4 is 16.0 Å². The highest BCUT2D eigenvalue weighted by Gasteiger charge is 2.42. The Morgan fingerprint density at radius 2 is 2.15 bits per heavy atom. The van der Waals surface area contributed by atoms with Gasteiger partial charge in [-0.05, 0) is 31.0 Å². The fourth-order valence-corrected chi connectivity index (χ4v) is 4.48. The van der Waals surface area contributed by atoms with Crippen molar-refractivity contribution < 1.29 is 13.2 Å². The van der Waals surface area contributed by atoms with Crippen molar-refractivity contribution in [2.75, 3.05) is 40.4 Å². The van der Waals surface area contributed by atoms with Gasteiger partial charge >= 0.3 is 0 Å². The average molecular weight is 381 g/mol. The van der Waals surface area contributed by atoms with Crippen molar-refractivity contribution in [1.82, 2.24) is 14.9 Å². The van der Waals surface area contributed by atoms with Crippen molar-refractivity contribution in [3.8, 4) is 0 Å². The molecular formula is C18H28N4O3S. The quantitative estimate of drug-likeness (QED) is 0.586. The van der Waals surface area contributed by atoms with E-state index in [1.54, 1.807) is 7.05 Å². The zero-order valence-electron chi connectivity index (χ0n) is 15.5. The number of ether oxygens (including phenoxy) is 1. The SMILES string of the molecule is CN=C(NCc1cccc(CS(=O)(=O)NC)c1)N1CCC2(CCOC2)C1. The summed E-state index contributed by atoms with van der Waals surface area (Å²) in [4.78, 5) is 6.72. The van der Waals surface area contributed by atoms with E-state index in [0.29, 0.717) is 12.0 Å². The van der Waals surface area contributed by atoms with Gasteiger partial charge in [0.25, 0.3) is 0 Å². The Balaban J connectivity index is 1.59. The summed E-state index contributed by atoms with van der Waals surface area (Å²) in [6.07, 6.45) is 2.27. The molecule has 1 spiro atoms. The number of guanidine groups is 1. The van der Waals surface area contributed by atoms with Gasteiger partial charge in [-0.1, -0.05) is 24.3 Å². The van der Waals surface area contributed by atoms with Gasteiger partial charge in [0.2, 0.25) is 10.0 Å². The van der Waals surface area contributed by atoms with Gasteiger partial charge in [-0.2, -0.15) is 0 Å². The van der Waals surface area contributed by atoms with E-state index in [1.807, 2.05) is 24.3 Å². The Hall–Kier alpha value is -1.64. The highest BCUT2D eigenvalue weighted by atomic mass is 32.2. The normalized spacial score (nSPS) is 23.8. The van der Waals surface area contributed by atoms with Crippen LogP contribution in [0.4, 0.5) is 0 Å². The standard InChI is InChI=1S/C18H28N4O3S/c1-19-17(22-8-6-18(13-22)7-9-25-14-18)21-11-15-4-3-5-16(10-15)12-26(23,24)20-2/h3-5,10,20H,6-9,11-14H2,1-2H3,(H,19,21). The van der Waals surface area contributed by atoms with Gasteiger partial charge in [-0.15, -0.1) is 0 Å². The number of nitrogens with zero attached hydrogens (tertiary/aromatic N) is 2. The molecule has 0 saturated carbocycles. The highest BCUT2D eigenvalue weighted by molar-refractivity contribution is 7.88. The number of hydrogen-bond acceptors (Lipinski definition) is 4. The summed E-state index contributed by atoms with van der Waals surface area (Å²) >= 11 is 0. The molecule has 2 saturated heterocycles. The molecule has 1 aromatic carbocycles. The smallest absolute Gasteiger partial charge is 0.215 e. The molecule has 3 rings (SSSR count). The number of likely N-dealkylation sites (tertiary alicyclic amines) is 1. The van der Waals surface area contributed by atoms with E-state index in [0.717, 1.165) is 56.2 Å². The van der Waals surface area contributed by atoms with E-state index in [9.17, 15) is 8.42 Å². The Bertz CT molecular complexity index is 757. The Morgan fingerprint density at radius 1 is 1.35 bits per heavy atom. The topological polar surface area (TPSA) is 83.0 Å². The van der Waals surface area contributed by atoms with Crippen LogP contribution in [0, 0.1) is 5.41 Å². The maximum atomic E-state index is 11.7. The first kappa shape index (κ1) is 19.1. The van der Waals surface area contributed by atoms with Crippen molar-refractivity contribution in [1.29, 1.82) is 0 Å². The molecule has 0 aromatic heterocycles. The summed E-state index contributed by atoms with van der Waals surface area (Å²) < 4.78 is 31.4. The van der Waals surface area contributed by atoms with Crippen LogP contribution in [0.25, 0.3) is 0 Å². The maximum absolute atomic E-state index is 11.7. The summed E-state index contributed by atoms with van der Waals surface area (Å²) in [5.74, 6) is 0.878. The summed E-state index contributed by atoms with van der Waals surface area (Å²) in [7, 11) is -0.0320. The summed E-state index contributed by atoms with van der Waals surface area (Å²) in [6, 6.07) is 7.63. The molecule has 2 aliphatic rings. The van der Waals surface area contributed by atoms with E-state index < -0.39 is 10.0 Å². The third kappa shape index (κ3) is 4.55. The van der Waals surface area contributed by atoms with Crippen LogP contribution < -0.4 is 10.0 Å². The van der Waals surface area contributed by atoms with Crippen LogP contribution in [-0.4, -0.2) is 59.7 Å². The number of hydrogen-bond donors (Lipinski definition) is 2. The van der Waals surface area contributed by atoms with E-state index in [2.05, 4.69) is 19.9 Å². The van der Waals surface area contributed by atoms with Gasteiger partial charge < -0.3 is 15.0 Å². The Morgan fingerprint density at radius 3 is 2.85 bits per heavy atom. The first-order chi connectivity index (χ1) is 12.5. The molecule has 144 valence electrons. The lowest BCUT2D eigenvalue weighted by Gasteiger charge is -2.25. The third-order valence-electron chi connectivity index (χ3n) is 5.24. The fraction of sp³-hybridized carbons (Fsp3) is 0.611. The minimum Gasteiger partial charge on any atom is -0.381 e. The van der Waals surface area contributed by atoms with E-state index in [-0.39, 0.29) is 5.75 Å². The minimum atomic E-state index is -3.27. The second-order valence-electron chi connectivity index (χ2n) is 7.16. The predicted octanol–water partition coefficient (Wildman–Crippen LogP) is 0.924. The minimum absolute atomic E-state index is 0.0132. The van der Waals surface area contributed by atoms with Gasteiger partial charge in [0.05, 0.1) is 12.4 Å². The van der Waals surface area contributed by atoms with Gasteiger partial charge in [-0.25, -0.2) is 13.1 Å². The molecule has 2 N–H and O–H groups in total. The Labute approximate surface area is 155 Å². The zero-order valence-corrected chi connectivity index (χ0v) is 16.3. The summed E-state index contributed by atoms with van der Waals surface area (Å²) in [6.45, 7) is 4.29. The molecule has 8 heteroatoms. The van der Waals surface area contributed by atoms with Crippen molar-refractivity contribution in [3.05, 3.63) is 35.4 Å². The molecular weight excluding hydrogens is 352 g/mol. The summed E-state index contributed by atoms with van der Waals surface area (Å²) in [5, 5.41) is 3.41. The molecule has 0 amide bonds. The van der Waals surface area contributed by atoms with Crippen molar-refractivity contribution in [2.45, 2.75) is 25.1 Å². The molecule has 1 aromatic rings. The molecule has 2 heterocycles. The maximum Gasteiger partial charge on any atom is 0.215 e. The predicted molar refractivity (Wildman–Crippen MR) is 102 cm³/mol. The van der Waals surface area contributed by atoms with Crippen LogP contribution in [0.3, 0.4) is 0 Å². The van der Waals surface area contributed by atoms with E-state index in [4.69, 9.17) is 4.74 Å². The lowest BCUT2D eigenvalue weighted by Crippen LogP contribution is -2.41. The van der Waals surface area contributed by atoms with Crippen LogP contribution in [-0.2, 0) is 27.1 Å². The van der Waals surface area contributed by atoms with Crippen molar-refractivity contribution in [2.24, 2.45) is 10.4 Å². The second-order valence-corrected chi connectivity index (χ2v) is 9.08. The molecule has 0 bridgehead atoms. The lowest BCUT2D eigenvalue weighted by atomic mass is 9.87. The number of aliphatic imine (C=N–C) groups is 1. The average Bonchev–Trinajstić information content (AvgIpc) is 3.26. The van der Waals surface area contributed by atoms with Crippen molar-refractivity contribution in [3.63, 3.8) is 0 Å². The summed E-state index contributed by atoms with van der Waals surface area (Å²) in [5.41, 5.74) is 2.10. The van der Waals surface area contributed by atoms with Gasteiger partial charge in [0, 0.05) is 38.7 Å². The van der Waals surface area contributed by atoms with Crippen LogP contribution in [0.2, 0.25) is 0 Å².